The molecule has 0 spiro atoms. The van der Waals surface area contributed by atoms with Crippen LogP contribution in [0.4, 0.5) is 5.69 Å². The van der Waals surface area contributed by atoms with Crippen molar-refractivity contribution in [1.82, 2.24) is 10.3 Å². The summed E-state index contributed by atoms with van der Waals surface area (Å²) in [5.74, 6) is -0.462. The van der Waals surface area contributed by atoms with Gasteiger partial charge in [-0.15, -0.1) is 0 Å². The number of rotatable bonds is 4. The van der Waals surface area contributed by atoms with E-state index in [0.717, 1.165) is 16.5 Å². The first-order valence-electron chi connectivity index (χ1n) is 8.21. The minimum atomic E-state index is -0.289. The highest BCUT2D eigenvalue weighted by molar-refractivity contribution is 5.95. The lowest BCUT2D eigenvalue weighted by Gasteiger charge is -2.08. The summed E-state index contributed by atoms with van der Waals surface area (Å²) in [6, 6.07) is 14.1. The van der Waals surface area contributed by atoms with Crippen LogP contribution in [0.2, 0.25) is 0 Å². The summed E-state index contributed by atoms with van der Waals surface area (Å²) in [6.45, 7) is 3.53. The Kier molecular flexibility index (Phi) is 4.84. The van der Waals surface area contributed by atoms with Crippen LogP contribution in [0.15, 0.2) is 53.3 Å². The molecule has 1 heterocycles. The van der Waals surface area contributed by atoms with E-state index < -0.39 is 0 Å². The third-order valence-corrected chi connectivity index (χ3v) is 3.98. The molecule has 6 heteroatoms. The highest BCUT2D eigenvalue weighted by Crippen LogP contribution is 2.13. The van der Waals surface area contributed by atoms with E-state index in [1.807, 2.05) is 25.1 Å². The second-order valence-electron chi connectivity index (χ2n) is 6.16. The number of benzene rings is 2. The summed E-state index contributed by atoms with van der Waals surface area (Å²) in [4.78, 5) is 38.3. The van der Waals surface area contributed by atoms with Gasteiger partial charge < -0.3 is 15.6 Å². The fourth-order valence-corrected chi connectivity index (χ4v) is 2.69. The van der Waals surface area contributed by atoms with Crippen LogP contribution < -0.4 is 16.2 Å². The maximum absolute atomic E-state index is 12.3. The molecule has 0 atom stereocenters. The predicted molar refractivity (Wildman–Crippen MR) is 101 cm³/mol. The Hall–Kier alpha value is -3.41. The molecular formula is C20H19N3O3. The molecule has 1 aromatic heterocycles. The molecule has 0 saturated carbocycles. The van der Waals surface area contributed by atoms with Crippen molar-refractivity contribution in [1.29, 1.82) is 0 Å². The van der Waals surface area contributed by atoms with Gasteiger partial charge in [0.15, 0.2) is 0 Å². The second kappa shape index (κ2) is 7.23. The van der Waals surface area contributed by atoms with Gasteiger partial charge in [0.2, 0.25) is 5.91 Å². The zero-order valence-corrected chi connectivity index (χ0v) is 14.6. The van der Waals surface area contributed by atoms with Crippen molar-refractivity contribution in [3.63, 3.8) is 0 Å². The molecule has 0 bridgehead atoms. The molecule has 0 saturated heterocycles. The molecule has 3 N–H and O–H groups in total. The van der Waals surface area contributed by atoms with E-state index in [1.54, 1.807) is 30.3 Å². The smallest absolute Gasteiger partial charge is 0.253 e. The lowest BCUT2D eigenvalue weighted by molar-refractivity contribution is -0.114. The Morgan fingerprint density at radius 3 is 2.46 bits per heavy atom. The Morgan fingerprint density at radius 1 is 1.04 bits per heavy atom. The summed E-state index contributed by atoms with van der Waals surface area (Å²) in [7, 11) is 0. The molecule has 2 aromatic carbocycles. The number of fused-ring (bicyclic) bond motifs is 1. The number of anilines is 1. The highest BCUT2D eigenvalue weighted by atomic mass is 16.2. The zero-order chi connectivity index (χ0) is 18.7. The molecular weight excluding hydrogens is 330 g/mol. The molecule has 0 fully saturated rings. The number of amides is 2. The number of carbonyl (C=O) groups excluding carboxylic acids is 2. The lowest BCUT2D eigenvalue weighted by atomic mass is 10.1. The van der Waals surface area contributed by atoms with Gasteiger partial charge in [-0.3, -0.25) is 14.4 Å². The Morgan fingerprint density at radius 2 is 1.77 bits per heavy atom. The SMILES string of the molecule is CC(=O)Nc1ccc(C(=O)NCc2cc3cc(C)ccc3[nH]c2=O)cc1. The van der Waals surface area contributed by atoms with E-state index in [1.165, 1.54) is 6.92 Å². The van der Waals surface area contributed by atoms with Crippen LogP contribution in [-0.4, -0.2) is 16.8 Å². The van der Waals surface area contributed by atoms with E-state index in [-0.39, 0.29) is 23.9 Å². The van der Waals surface area contributed by atoms with E-state index in [9.17, 15) is 14.4 Å². The van der Waals surface area contributed by atoms with E-state index in [0.29, 0.717) is 16.8 Å². The van der Waals surface area contributed by atoms with Gasteiger partial charge in [0.25, 0.3) is 11.5 Å². The van der Waals surface area contributed by atoms with Crippen LogP contribution in [0, 0.1) is 6.92 Å². The topological polar surface area (TPSA) is 91.1 Å². The van der Waals surface area contributed by atoms with Crippen LogP contribution in [0.25, 0.3) is 10.9 Å². The molecule has 26 heavy (non-hydrogen) atoms. The predicted octanol–water partition coefficient (Wildman–Crippen LogP) is 2.72. The van der Waals surface area contributed by atoms with Crippen LogP contribution in [0.5, 0.6) is 0 Å². The van der Waals surface area contributed by atoms with Crippen LogP contribution in [0.3, 0.4) is 0 Å². The van der Waals surface area contributed by atoms with Crippen molar-refractivity contribution in [2.24, 2.45) is 0 Å². The number of pyridine rings is 1. The van der Waals surface area contributed by atoms with Gasteiger partial charge in [-0.2, -0.15) is 0 Å². The molecule has 3 rings (SSSR count). The first-order chi connectivity index (χ1) is 12.4. The van der Waals surface area contributed by atoms with E-state index in [4.69, 9.17) is 0 Å². The number of H-pyrrole nitrogens is 1. The van der Waals surface area contributed by atoms with Crippen LogP contribution in [0.1, 0.15) is 28.4 Å². The van der Waals surface area contributed by atoms with Gasteiger partial charge in [-0.1, -0.05) is 11.6 Å². The van der Waals surface area contributed by atoms with Crippen molar-refractivity contribution in [2.45, 2.75) is 20.4 Å². The Labute approximate surface area is 150 Å². The Bertz CT molecular complexity index is 1040. The zero-order valence-electron chi connectivity index (χ0n) is 14.6. The average Bonchev–Trinajstić information content (AvgIpc) is 2.60. The number of hydrogen-bond donors (Lipinski definition) is 3. The van der Waals surface area contributed by atoms with Gasteiger partial charge in [0.1, 0.15) is 0 Å². The maximum Gasteiger partial charge on any atom is 0.253 e. The van der Waals surface area contributed by atoms with Gasteiger partial charge in [-0.05, 0) is 54.8 Å². The van der Waals surface area contributed by atoms with Crippen molar-refractivity contribution >= 4 is 28.4 Å². The third kappa shape index (κ3) is 3.97. The molecule has 0 radical (unpaired) electrons. The largest absolute Gasteiger partial charge is 0.348 e. The van der Waals surface area contributed by atoms with E-state index in [2.05, 4.69) is 15.6 Å². The molecule has 0 unspecified atom stereocenters. The number of carbonyl (C=O) groups is 2. The third-order valence-electron chi connectivity index (χ3n) is 3.98. The summed E-state index contributed by atoms with van der Waals surface area (Å²) in [6.07, 6.45) is 0. The molecule has 2 amide bonds. The van der Waals surface area contributed by atoms with E-state index >= 15 is 0 Å². The highest BCUT2D eigenvalue weighted by Gasteiger charge is 2.08. The lowest BCUT2D eigenvalue weighted by Crippen LogP contribution is -2.26. The number of hydrogen-bond acceptors (Lipinski definition) is 3. The number of nitrogens with one attached hydrogen (secondary N) is 3. The van der Waals surface area contributed by atoms with Crippen molar-refractivity contribution in [3.8, 4) is 0 Å². The minimum absolute atomic E-state index is 0.130. The first-order valence-corrected chi connectivity index (χ1v) is 8.21. The molecule has 3 aromatic rings. The number of aromatic amines is 1. The monoisotopic (exact) mass is 349 g/mol. The maximum atomic E-state index is 12.3. The standard InChI is InChI=1S/C20H19N3O3/c1-12-3-8-18-15(9-12)10-16(20(26)23-18)11-21-19(25)14-4-6-17(7-5-14)22-13(2)24/h3-10H,11H2,1-2H3,(H,21,25)(H,22,24)(H,23,26). The fourth-order valence-electron chi connectivity index (χ4n) is 2.69. The normalized spacial score (nSPS) is 10.5. The van der Waals surface area contributed by atoms with Crippen molar-refractivity contribution in [3.05, 3.63) is 75.6 Å². The molecule has 0 aliphatic rings. The summed E-state index contributed by atoms with van der Waals surface area (Å²) < 4.78 is 0. The first kappa shape index (κ1) is 17.4. The number of aryl methyl sites for hydroxylation is 1. The van der Waals surface area contributed by atoms with Crippen molar-refractivity contribution < 1.29 is 9.59 Å². The van der Waals surface area contributed by atoms with Gasteiger partial charge in [-0.25, -0.2) is 0 Å². The second-order valence-corrected chi connectivity index (χ2v) is 6.16. The van der Waals surface area contributed by atoms with Crippen LogP contribution >= 0.6 is 0 Å². The van der Waals surface area contributed by atoms with Crippen LogP contribution in [-0.2, 0) is 11.3 Å². The quantitative estimate of drug-likeness (QED) is 0.676. The molecule has 0 aliphatic heterocycles. The van der Waals surface area contributed by atoms with Crippen molar-refractivity contribution in [2.75, 3.05) is 5.32 Å². The number of aromatic nitrogens is 1. The summed E-state index contributed by atoms with van der Waals surface area (Å²) in [5, 5.41) is 6.32. The van der Waals surface area contributed by atoms with Gasteiger partial charge >= 0.3 is 0 Å². The summed E-state index contributed by atoms with van der Waals surface area (Å²) in [5.41, 5.74) is 3.21. The summed E-state index contributed by atoms with van der Waals surface area (Å²) >= 11 is 0. The molecule has 0 aliphatic carbocycles. The van der Waals surface area contributed by atoms with Gasteiger partial charge in [0, 0.05) is 35.8 Å². The Balaban J connectivity index is 1.73. The molecule has 132 valence electrons. The van der Waals surface area contributed by atoms with Gasteiger partial charge in [0.05, 0.1) is 0 Å². The minimum Gasteiger partial charge on any atom is -0.348 e. The molecule has 6 nitrogen and oxygen atoms in total. The fraction of sp³-hybridized carbons (Fsp3) is 0.150. The average molecular weight is 349 g/mol.